The molecule has 0 aliphatic carbocycles. The number of hydrogen-bond donors (Lipinski definition) is 0. The molecule has 2 aromatic carbocycles. The second kappa shape index (κ2) is 6.51. The zero-order valence-electron chi connectivity index (χ0n) is 11.9. The van der Waals surface area contributed by atoms with Crippen LogP contribution >= 0.6 is 23.2 Å². The molecule has 0 amide bonds. The van der Waals surface area contributed by atoms with E-state index in [9.17, 15) is 0 Å². The molecule has 0 N–H and O–H groups in total. The standard InChI is InChI=1S/C17H18Cl2O/c1-11(2)20-14-9-7-13(8-10-14)17(19)15-6-4-5-12(3)16(15)18/h4-11,17H,1-3H3. The van der Waals surface area contributed by atoms with Crippen molar-refractivity contribution in [1.82, 2.24) is 0 Å². The first-order valence-electron chi connectivity index (χ1n) is 6.64. The van der Waals surface area contributed by atoms with E-state index in [-0.39, 0.29) is 11.5 Å². The normalized spacial score (nSPS) is 12.5. The highest BCUT2D eigenvalue weighted by Gasteiger charge is 2.15. The van der Waals surface area contributed by atoms with Crippen molar-refractivity contribution < 1.29 is 4.74 Å². The number of benzene rings is 2. The summed E-state index contributed by atoms with van der Waals surface area (Å²) in [7, 11) is 0. The maximum absolute atomic E-state index is 6.54. The quantitative estimate of drug-likeness (QED) is 0.652. The molecule has 2 rings (SSSR count). The Morgan fingerprint density at radius 2 is 1.65 bits per heavy atom. The molecule has 0 aliphatic heterocycles. The van der Waals surface area contributed by atoms with E-state index in [1.165, 1.54) is 0 Å². The smallest absolute Gasteiger partial charge is 0.119 e. The molecular formula is C17H18Cl2O. The van der Waals surface area contributed by atoms with Crippen LogP contribution < -0.4 is 4.74 Å². The summed E-state index contributed by atoms with van der Waals surface area (Å²) in [6.45, 7) is 5.99. The second-order valence-corrected chi connectivity index (χ2v) is 5.89. The van der Waals surface area contributed by atoms with Crippen LogP contribution in [0.2, 0.25) is 5.02 Å². The van der Waals surface area contributed by atoms with Gasteiger partial charge in [0.2, 0.25) is 0 Å². The van der Waals surface area contributed by atoms with Crippen molar-refractivity contribution >= 4 is 23.2 Å². The van der Waals surface area contributed by atoms with Gasteiger partial charge >= 0.3 is 0 Å². The highest BCUT2D eigenvalue weighted by atomic mass is 35.5. The van der Waals surface area contributed by atoms with E-state index in [1.807, 2.05) is 63.2 Å². The summed E-state index contributed by atoms with van der Waals surface area (Å²) in [5, 5.41) is 0.477. The SMILES string of the molecule is Cc1cccc(C(Cl)c2ccc(OC(C)C)cc2)c1Cl. The summed E-state index contributed by atoms with van der Waals surface area (Å²) in [6, 6.07) is 13.8. The molecule has 106 valence electrons. The number of ether oxygens (including phenoxy) is 1. The van der Waals surface area contributed by atoms with Gasteiger partial charge < -0.3 is 4.74 Å². The second-order valence-electron chi connectivity index (χ2n) is 5.08. The molecule has 3 heteroatoms. The number of hydrogen-bond acceptors (Lipinski definition) is 1. The van der Waals surface area contributed by atoms with E-state index < -0.39 is 0 Å². The predicted octanol–water partition coefficient (Wildman–Crippen LogP) is 5.76. The predicted molar refractivity (Wildman–Crippen MR) is 86.1 cm³/mol. The van der Waals surface area contributed by atoms with Crippen LogP contribution in [0, 0.1) is 6.92 Å². The van der Waals surface area contributed by atoms with Crippen molar-refractivity contribution in [3.8, 4) is 5.75 Å². The van der Waals surface area contributed by atoms with Gasteiger partial charge in [0.25, 0.3) is 0 Å². The lowest BCUT2D eigenvalue weighted by Crippen LogP contribution is -2.05. The van der Waals surface area contributed by atoms with Crippen LogP contribution in [0.3, 0.4) is 0 Å². The zero-order valence-corrected chi connectivity index (χ0v) is 13.4. The van der Waals surface area contributed by atoms with Gasteiger partial charge in [-0.3, -0.25) is 0 Å². The maximum atomic E-state index is 6.54. The lowest BCUT2D eigenvalue weighted by molar-refractivity contribution is 0.242. The summed E-state index contributed by atoms with van der Waals surface area (Å²) in [6.07, 6.45) is 0.166. The zero-order chi connectivity index (χ0) is 14.7. The van der Waals surface area contributed by atoms with E-state index in [4.69, 9.17) is 27.9 Å². The van der Waals surface area contributed by atoms with E-state index in [0.29, 0.717) is 0 Å². The minimum atomic E-state index is -0.254. The molecule has 0 aliphatic rings. The summed E-state index contributed by atoms with van der Waals surface area (Å²) in [4.78, 5) is 0. The van der Waals surface area contributed by atoms with E-state index in [2.05, 4.69) is 0 Å². The number of halogens is 2. The average Bonchev–Trinajstić information content (AvgIpc) is 2.41. The third-order valence-corrected chi connectivity index (χ3v) is 4.04. The van der Waals surface area contributed by atoms with Crippen LogP contribution in [0.5, 0.6) is 5.75 Å². The van der Waals surface area contributed by atoms with Crippen molar-refractivity contribution in [3.63, 3.8) is 0 Å². The van der Waals surface area contributed by atoms with Crippen molar-refractivity contribution in [2.75, 3.05) is 0 Å². The van der Waals surface area contributed by atoms with Gasteiger partial charge in [-0.25, -0.2) is 0 Å². The van der Waals surface area contributed by atoms with Crippen LogP contribution in [0.25, 0.3) is 0 Å². The minimum Gasteiger partial charge on any atom is -0.491 e. The Hall–Kier alpha value is -1.18. The molecule has 0 saturated carbocycles. The fraction of sp³-hybridized carbons (Fsp3) is 0.294. The number of rotatable bonds is 4. The molecule has 0 bridgehead atoms. The first kappa shape index (κ1) is 15.2. The Morgan fingerprint density at radius 3 is 2.25 bits per heavy atom. The third-order valence-electron chi connectivity index (χ3n) is 3.04. The van der Waals surface area contributed by atoms with Crippen LogP contribution in [0.15, 0.2) is 42.5 Å². The highest BCUT2D eigenvalue weighted by Crippen LogP contribution is 2.35. The maximum Gasteiger partial charge on any atom is 0.119 e. The molecular weight excluding hydrogens is 291 g/mol. The molecule has 0 aromatic heterocycles. The monoisotopic (exact) mass is 308 g/mol. The van der Waals surface area contributed by atoms with E-state index >= 15 is 0 Å². The molecule has 0 saturated heterocycles. The Bertz CT molecular complexity index is 576. The minimum absolute atomic E-state index is 0.166. The van der Waals surface area contributed by atoms with Gasteiger partial charge in [-0.1, -0.05) is 41.9 Å². The lowest BCUT2D eigenvalue weighted by Gasteiger charge is -2.15. The Balaban J connectivity index is 2.25. The van der Waals surface area contributed by atoms with Gasteiger partial charge in [-0.15, -0.1) is 11.6 Å². The summed E-state index contributed by atoms with van der Waals surface area (Å²) < 4.78 is 5.63. The van der Waals surface area contributed by atoms with Gasteiger partial charge in [0.05, 0.1) is 11.5 Å². The lowest BCUT2D eigenvalue weighted by atomic mass is 10.0. The molecule has 0 spiro atoms. The molecule has 0 radical (unpaired) electrons. The van der Waals surface area contributed by atoms with Crippen molar-refractivity contribution in [3.05, 3.63) is 64.2 Å². The van der Waals surface area contributed by atoms with Crippen LogP contribution in [-0.4, -0.2) is 6.10 Å². The fourth-order valence-corrected chi connectivity index (χ4v) is 2.65. The highest BCUT2D eigenvalue weighted by molar-refractivity contribution is 6.33. The van der Waals surface area contributed by atoms with Gasteiger partial charge in [-0.2, -0.15) is 0 Å². The van der Waals surface area contributed by atoms with Gasteiger partial charge in [0, 0.05) is 5.02 Å². The average molecular weight is 309 g/mol. The molecule has 1 atom stereocenters. The van der Waals surface area contributed by atoms with Gasteiger partial charge in [-0.05, 0) is 49.6 Å². The Morgan fingerprint density at radius 1 is 1.00 bits per heavy atom. The first-order chi connectivity index (χ1) is 9.49. The molecule has 0 heterocycles. The Labute approximate surface area is 130 Å². The topological polar surface area (TPSA) is 9.23 Å². The van der Waals surface area contributed by atoms with Gasteiger partial charge in [0.1, 0.15) is 5.75 Å². The van der Waals surface area contributed by atoms with Crippen molar-refractivity contribution in [2.45, 2.75) is 32.3 Å². The molecule has 1 nitrogen and oxygen atoms in total. The van der Waals surface area contributed by atoms with Crippen molar-refractivity contribution in [1.29, 1.82) is 0 Å². The van der Waals surface area contributed by atoms with Crippen LogP contribution in [0.1, 0.15) is 35.9 Å². The number of alkyl halides is 1. The molecule has 20 heavy (non-hydrogen) atoms. The summed E-state index contributed by atoms with van der Waals surface area (Å²) >= 11 is 12.9. The van der Waals surface area contributed by atoms with Crippen LogP contribution in [0.4, 0.5) is 0 Å². The van der Waals surface area contributed by atoms with Gasteiger partial charge in [0.15, 0.2) is 0 Å². The third kappa shape index (κ3) is 3.47. The van der Waals surface area contributed by atoms with Crippen molar-refractivity contribution in [2.24, 2.45) is 0 Å². The Kier molecular flexibility index (Phi) is 4.95. The summed E-state index contributed by atoms with van der Waals surface area (Å²) in [5.41, 5.74) is 2.98. The largest absolute Gasteiger partial charge is 0.491 e. The van der Waals surface area contributed by atoms with Crippen LogP contribution in [-0.2, 0) is 0 Å². The van der Waals surface area contributed by atoms with E-state index in [0.717, 1.165) is 27.5 Å². The summed E-state index contributed by atoms with van der Waals surface area (Å²) in [5.74, 6) is 0.850. The molecule has 0 fully saturated rings. The molecule has 2 aromatic rings. The number of aryl methyl sites for hydroxylation is 1. The fourth-order valence-electron chi connectivity index (χ4n) is 2.03. The van der Waals surface area contributed by atoms with E-state index in [1.54, 1.807) is 0 Å². The first-order valence-corrected chi connectivity index (χ1v) is 7.46. The molecule has 1 unspecified atom stereocenters.